The predicted octanol–water partition coefficient (Wildman–Crippen LogP) is 3.69. The number of carbonyl (C=O) groups excluding carboxylic acids is 1. The van der Waals surface area contributed by atoms with Crippen LogP contribution in [-0.2, 0) is 21.6 Å². The van der Waals surface area contributed by atoms with Crippen molar-refractivity contribution >= 4 is 5.97 Å². The lowest BCUT2D eigenvalue weighted by Gasteiger charge is -2.36. The lowest BCUT2D eigenvalue weighted by Crippen LogP contribution is -2.52. The molecule has 2 aliphatic rings. The maximum Gasteiger partial charge on any atom is 0.347 e. The fraction of sp³-hybridized carbons (Fsp3) is 0.333. The molecule has 1 fully saturated rings. The van der Waals surface area contributed by atoms with Gasteiger partial charge in [-0.2, -0.15) is 0 Å². The number of likely N-dealkylation sites (tertiary alicyclic amines) is 1. The number of benzene rings is 2. The Hall–Kier alpha value is -3.02. The van der Waals surface area contributed by atoms with E-state index in [1.165, 1.54) is 5.56 Å². The molecule has 2 aromatic carbocycles. The highest BCUT2D eigenvalue weighted by atomic mass is 16.6. The van der Waals surface area contributed by atoms with Crippen LogP contribution >= 0.6 is 0 Å². The first-order valence-electron chi connectivity index (χ1n) is 11.3. The van der Waals surface area contributed by atoms with Crippen molar-refractivity contribution in [3.8, 4) is 11.1 Å². The molecule has 1 aliphatic carbocycles. The van der Waals surface area contributed by atoms with Crippen molar-refractivity contribution in [1.82, 2.24) is 4.98 Å². The van der Waals surface area contributed by atoms with Crippen molar-refractivity contribution in [3.05, 3.63) is 89.7 Å². The molecule has 164 valence electrons. The first-order chi connectivity index (χ1) is 15.5. The van der Waals surface area contributed by atoms with E-state index in [9.17, 15) is 9.90 Å². The molecular formula is C27H29N2O3+. The van der Waals surface area contributed by atoms with Crippen molar-refractivity contribution in [2.75, 3.05) is 26.7 Å². The van der Waals surface area contributed by atoms with Gasteiger partial charge in [-0.25, -0.2) is 4.79 Å². The highest BCUT2D eigenvalue weighted by Crippen LogP contribution is 2.48. The summed E-state index contributed by atoms with van der Waals surface area (Å²) in [4.78, 5) is 17.4. The highest BCUT2D eigenvalue weighted by Gasteiger charge is 2.50. The minimum Gasteiger partial charge on any atom is -0.457 e. The van der Waals surface area contributed by atoms with Crippen LogP contribution in [0.2, 0.25) is 0 Å². The minimum absolute atomic E-state index is 0.233. The number of aromatic nitrogens is 1. The van der Waals surface area contributed by atoms with E-state index in [-0.39, 0.29) is 6.04 Å². The van der Waals surface area contributed by atoms with Crippen molar-refractivity contribution in [3.63, 3.8) is 0 Å². The van der Waals surface area contributed by atoms with Crippen LogP contribution in [0.25, 0.3) is 11.1 Å². The van der Waals surface area contributed by atoms with E-state index in [0.29, 0.717) is 17.7 Å². The number of ether oxygens (including phenoxy) is 1. The summed E-state index contributed by atoms with van der Waals surface area (Å²) in [6, 6.07) is 19.4. The lowest BCUT2D eigenvalue weighted by atomic mass is 9.91. The van der Waals surface area contributed by atoms with Gasteiger partial charge in [-0.1, -0.05) is 48.5 Å². The number of hydrogen-bond donors (Lipinski definition) is 1. The number of aliphatic hydroxyl groups is 1. The summed E-state index contributed by atoms with van der Waals surface area (Å²) in [6.07, 6.45) is 6.76. The third kappa shape index (κ3) is 3.42. The van der Waals surface area contributed by atoms with E-state index >= 15 is 0 Å². The van der Waals surface area contributed by atoms with E-state index in [0.717, 1.165) is 48.0 Å². The predicted molar refractivity (Wildman–Crippen MR) is 123 cm³/mol. The minimum atomic E-state index is -1.76. The zero-order valence-corrected chi connectivity index (χ0v) is 18.4. The Bertz CT molecular complexity index is 1090. The SMILES string of the molecule is C[N+]1(CCc2ccncc2)CCC[C@@H]1COC(=O)C1(O)c2ccccc2-c2ccccc21. The van der Waals surface area contributed by atoms with Crippen LogP contribution in [0.5, 0.6) is 0 Å². The van der Waals surface area contributed by atoms with Gasteiger partial charge in [-0.3, -0.25) is 4.98 Å². The number of rotatable bonds is 6. The summed E-state index contributed by atoms with van der Waals surface area (Å²) in [5, 5.41) is 11.6. The van der Waals surface area contributed by atoms with Gasteiger partial charge < -0.3 is 14.3 Å². The average molecular weight is 430 g/mol. The summed E-state index contributed by atoms with van der Waals surface area (Å²) in [5.74, 6) is -0.581. The molecule has 0 spiro atoms. The average Bonchev–Trinajstić information content (AvgIpc) is 3.33. The summed E-state index contributed by atoms with van der Waals surface area (Å²) < 4.78 is 6.74. The molecule has 0 radical (unpaired) electrons. The van der Waals surface area contributed by atoms with Gasteiger partial charge in [0.15, 0.2) is 0 Å². The molecule has 32 heavy (non-hydrogen) atoms. The largest absolute Gasteiger partial charge is 0.457 e. The number of pyridine rings is 1. The van der Waals surface area contributed by atoms with Crippen LogP contribution in [0, 0.1) is 0 Å². The molecule has 1 aromatic heterocycles. The summed E-state index contributed by atoms with van der Waals surface area (Å²) in [5.41, 5.74) is 2.50. The molecule has 3 aromatic rings. The van der Waals surface area contributed by atoms with Crippen LogP contribution < -0.4 is 0 Å². The second-order valence-corrected chi connectivity index (χ2v) is 9.23. The molecule has 1 unspecified atom stereocenters. The van der Waals surface area contributed by atoms with Crippen LogP contribution in [0.3, 0.4) is 0 Å². The Balaban J connectivity index is 1.32. The first kappa shape index (κ1) is 20.9. The third-order valence-electron chi connectivity index (χ3n) is 7.37. The molecule has 2 atom stereocenters. The normalized spacial score (nSPS) is 22.9. The summed E-state index contributed by atoms with van der Waals surface area (Å²) in [6.45, 7) is 2.38. The Morgan fingerprint density at radius 3 is 2.34 bits per heavy atom. The van der Waals surface area contributed by atoms with Gasteiger partial charge in [0, 0.05) is 42.8 Å². The smallest absolute Gasteiger partial charge is 0.347 e. The number of nitrogens with zero attached hydrogens (tertiary/aromatic N) is 2. The topological polar surface area (TPSA) is 59.4 Å². The van der Waals surface area contributed by atoms with Gasteiger partial charge >= 0.3 is 5.97 Å². The third-order valence-corrected chi connectivity index (χ3v) is 7.37. The number of fused-ring (bicyclic) bond motifs is 3. The number of likely N-dealkylation sites (N-methyl/N-ethyl adjacent to an activating group) is 1. The fourth-order valence-electron chi connectivity index (χ4n) is 5.38. The number of quaternary nitrogens is 1. The highest BCUT2D eigenvalue weighted by molar-refractivity contribution is 5.96. The van der Waals surface area contributed by atoms with Crippen molar-refractivity contribution in [1.29, 1.82) is 0 Å². The van der Waals surface area contributed by atoms with E-state index < -0.39 is 11.6 Å². The Morgan fingerprint density at radius 1 is 1.06 bits per heavy atom. The molecule has 2 heterocycles. The first-order valence-corrected chi connectivity index (χ1v) is 11.3. The van der Waals surface area contributed by atoms with E-state index in [4.69, 9.17) is 4.74 Å². The molecule has 5 nitrogen and oxygen atoms in total. The molecule has 1 aliphatic heterocycles. The standard InChI is InChI=1S/C27H29N2O3/c1-29(18-14-20-12-15-28-16-13-20)17-6-7-21(29)19-32-26(30)27(31)24-10-4-2-8-22(24)23-9-3-5-11-25(23)27/h2-5,8-13,15-16,21,31H,6-7,14,17-19H2,1H3/q+1/t21-,29?/m1/s1. The van der Waals surface area contributed by atoms with Crippen LogP contribution in [0.4, 0.5) is 0 Å². The second-order valence-electron chi connectivity index (χ2n) is 9.23. The molecule has 1 N–H and O–H groups in total. The van der Waals surface area contributed by atoms with Gasteiger partial charge in [0.2, 0.25) is 5.60 Å². The van der Waals surface area contributed by atoms with Crippen molar-refractivity contribution < 1.29 is 19.1 Å². The van der Waals surface area contributed by atoms with Crippen molar-refractivity contribution in [2.24, 2.45) is 0 Å². The van der Waals surface area contributed by atoms with Gasteiger partial charge in [0.05, 0.1) is 20.1 Å². The molecule has 5 rings (SSSR count). The molecule has 5 heteroatoms. The summed E-state index contributed by atoms with van der Waals surface area (Å²) in [7, 11) is 2.25. The van der Waals surface area contributed by atoms with E-state index in [2.05, 4.69) is 24.2 Å². The van der Waals surface area contributed by atoms with E-state index in [1.807, 2.05) is 60.9 Å². The van der Waals surface area contributed by atoms with Crippen LogP contribution in [0.15, 0.2) is 73.1 Å². The Kier molecular flexibility index (Phi) is 5.31. The zero-order valence-electron chi connectivity index (χ0n) is 18.4. The maximum absolute atomic E-state index is 13.4. The van der Waals surface area contributed by atoms with Gasteiger partial charge in [0.25, 0.3) is 0 Å². The Morgan fingerprint density at radius 2 is 1.69 bits per heavy atom. The molecular weight excluding hydrogens is 400 g/mol. The molecule has 0 saturated carbocycles. The van der Waals surface area contributed by atoms with Crippen LogP contribution in [-0.4, -0.2) is 53.3 Å². The number of hydrogen-bond acceptors (Lipinski definition) is 4. The van der Waals surface area contributed by atoms with Gasteiger partial charge in [-0.15, -0.1) is 0 Å². The quantitative estimate of drug-likeness (QED) is 0.480. The fourth-order valence-corrected chi connectivity index (χ4v) is 5.38. The molecule has 1 saturated heterocycles. The monoisotopic (exact) mass is 429 g/mol. The van der Waals surface area contributed by atoms with Gasteiger partial charge in [0.1, 0.15) is 12.6 Å². The van der Waals surface area contributed by atoms with Crippen molar-refractivity contribution in [2.45, 2.75) is 30.9 Å². The second kappa shape index (κ2) is 8.15. The zero-order chi connectivity index (χ0) is 22.2. The van der Waals surface area contributed by atoms with Gasteiger partial charge in [-0.05, 0) is 28.8 Å². The summed E-state index contributed by atoms with van der Waals surface area (Å²) >= 11 is 0. The molecule has 0 amide bonds. The van der Waals surface area contributed by atoms with E-state index in [1.54, 1.807) is 0 Å². The number of carbonyl (C=O) groups is 1. The Labute approximate surface area is 188 Å². The van der Waals surface area contributed by atoms with Crippen LogP contribution in [0.1, 0.15) is 29.5 Å². The maximum atomic E-state index is 13.4. The lowest BCUT2D eigenvalue weighted by molar-refractivity contribution is -0.921. The molecule has 0 bridgehead atoms. The number of esters is 1.